The standard InChI is InChI=1S/C21H22N6OS2/c1-13-9-11-16(12-10-13)19-27(26-15(3)29-19)20(23-21-25-24-14(2)30-21)22-17-7-5-6-8-18(17)28-4/h5-12,19H,1-4H3,(H,22,23,25). The summed E-state index contributed by atoms with van der Waals surface area (Å²) < 4.78 is 5.51. The topological polar surface area (TPSA) is 75.0 Å². The molecule has 3 aromatic rings. The molecule has 0 fully saturated rings. The van der Waals surface area contributed by atoms with E-state index >= 15 is 0 Å². The van der Waals surface area contributed by atoms with Crippen LogP contribution in [0.4, 0.5) is 10.8 Å². The van der Waals surface area contributed by atoms with Crippen molar-refractivity contribution in [3.05, 3.63) is 64.7 Å². The van der Waals surface area contributed by atoms with Crippen molar-refractivity contribution in [2.45, 2.75) is 26.1 Å². The Morgan fingerprint density at radius 3 is 2.53 bits per heavy atom. The number of para-hydroxylation sites is 2. The van der Waals surface area contributed by atoms with Gasteiger partial charge in [-0.1, -0.05) is 65.1 Å². The lowest BCUT2D eigenvalue weighted by Crippen LogP contribution is -2.32. The minimum Gasteiger partial charge on any atom is -0.495 e. The van der Waals surface area contributed by atoms with Crippen molar-refractivity contribution in [1.29, 1.82) is 0 Å². The molecule has 1 atom stereocenters. The Bertz CT molecular complexity index is 1090. The van der Waals surface area contributed by atoms with Crippen LogP contribution in [0, 0.1) is 13.8 Å². The normalized spacial score (nSPS) is 16.5. The molecule has 7 nitrogen and oxygen atoms in total. The van der Waals surface area contributed by atoms with Crippen molar-refractivity contribution in [3.63, 3.8) is 0 Å². The lowest BCUT2D eigenvalue weighted by Gasteiger charge is -2.25. The van der Waals surface area contributed by atoms with Crippen molar-refractivity contribution in [2.24, 2.45) is 10.1 Å². The number of hydrazone groups is 1. The maximum Gasteiger partial charge on any atom is 0.234 e. The number of hydrogen-bond acceptors (Lipinski definition) is 7. The number of aliphatic imine (C=N–C) groups is 1. The number of anilines is 1. The summed E-state index contributed by atoms with van der Waals surface area (Å²) >= 11 is 3.12. The Morgan fingerprint density at radius 2 is 1.83 bits per heavy atom. The van der Waals surface area contributed by atoms with E-state index < -0.39 is 0 Å². The van der Waals surface area contributed by atoms with E-state index in [-0.39, 0.29) is 5.37 Å². The van der Waals surface area contributed by atoms with Crippen LogP contribution >= 0.6 is 23.1 Å². The first-order chi connectivity index (χ1) is 14.5. The first kappa shape index (κ1) is 20.4. The lowest BCUT2D eigenvalue weighted by molar-refractivity contribution is 0.415. The van der Waals surface area contributed by atoms with Gasteiger partial charge in [-0.25, -0.2) is 5.01 Å². The molecule has 0 radical (unpaired) electrons. The van der Waals surface area contributed by atoms with Crippen molar-refractivity contribution >= 4 is 44.9 Å². The molecule has 9 heteroatoms. The third-order valence-corrected chi connectivity index (χ3v) is 6.25. The highest BCUT2D eigenvalue weighted by Gasteiger charge is 2.31. The maximum atomic E-state index is 5.51. The van der Waals surface area contributed by atoms with Crippen LogP contribution < -0.4 is 10.1 Å². The van der Waals surface area contributed by atoms with E-state index in [1.54, 1.807) is 18.9 Å². The number of aryl methyl sites for hydroxylation is 2. The van der Waals surface area contributed by atoms with E-state index in [1.807, 2.05) is 43.1 Å². The van der Waals surface area contributed by atoms with Crippen LogP contribution in [0.3, 0.4) is 0 Å². The highest BCUT2D eigenvalue weighted by molar-refractivity contribution is 8.14. The Morgan fingerprint density at radius 1 is 1.07 bits per heavy atom. The number of hydrogen-bond donors (Lipinski definition) is 1. The van der Waals surface area contributed by atoms with Gasteiger partial charge in [-0.15, -0.1) is 10.2 Å². The predicted octanol–water partition coefficient (Wildman–Crippen LogP) is 5.34. The van der Waals surface area contributed by atoms with Crippen molar-refractivity contribution < 1.29 is 4.74 Å². The summed E-state index contributed by atoms with van der Waals surface area (Å²) in [4.78, 5) is 4.76. The quantitative estimate of drug-likeness (QED) is 0.437. The molecule has 1 N–H and O–H groups in total. The second kappa shape index (κ2) is 8.85. The number of guanidine groups is 1. The summed E-state index contributed by atoms with van der Waals surface area (Å²) in [5.74, 6) is 1.28. The molecule has 1 aromatic heterocycles. The van der Waals surface area contributed by atoms with E-state index in [9.17, 15) is 0 Å². The molecule has 1 aliphatic rings. The van der Waals surface area contributed by atoms with Crippen molar-refractivity contribution in [1.82, 2.24) is 15.2 Å². The average molecular weight is 439 g/mol. The predicted molar refractivity (Wildman–Crippen MR) is 125 cm³/mol. The summed E-state index contributed by atoms with van der Waals surface area (Å²) in [6, 6.07) is 16.2. The molecule has 2 aromatic carbocycles. The molecule has 1 aliphatic heterocycles. The summed E-state index contributed by atoms with van der Waals surface area (Å²) in [6.45, 7) is 5.99. The summed E-state index contributed by atoms with van der Waals surface area (Å²) in [5.41, 5.74) is 3.16. The van der Waals surface area contributed by atoms with Gasteiger partial charge in [-0.3, -0.25) is 0 Å². The zero-order valence-corrected chi connectivity index (χ0v) is 18.8. The van der Waals surface area contributed by atoms with E-state index in [0.717, 1.165) is 27.1 Å². The summed E-state index contributed by atoms with van der Waals surface area (Å²) in [5, 5.41) is 20.7. The third-order valence-electron chi connectivity index (χ3n) is 4.40. The molecule has 0 saturated carbocycles. The highest BCUT2D eigenvalue weighted by Crippen LogP contribution is 2.40. The second-order valence-corrected chi connectivity index (χ2v) is 9.14. The van der Waals surface area contributed by atoms with Crippen LogP contribution in [0.5, 0.6) is 5.75 Å². The molecule has 0 aliphatic carbocycles. The van der Waals surface area contributed by atoms with E-state index in [4.69, 9.17) is 14.8 Å². The van der Waals surface area contributed by atoms with Crippen LogP contribution in [0.15, 0.2) is 58.6 Å². The minimum absolute atomic E-state index is 0.0411. The fourth-order valence-electron chi connectivity index (χ4n) is 2.96. The Balaban J connectivity index is 1.75. The number of methoxy groups -OCH3 is 1. The van der Waals surface area contributed by atoms with Crippen LogP contribution in [0.25, 0.3) is 0 Å². The number of ether oxygens (including phenoxy) is 1. The average Bonchev–Trinajstić information content (AvgIpc) is 3.33. The number of nitrogens with one attached hydrogen (secondary N) is 1. The maximum absolute atomic E-state index is 5.51. The molecule has 4 rings (SSSR count). The number of benzene rings is 2. The molecular formula is C21H22N6OS2. The first-order valence-corrected chi connectivity index (χ1v) is 11.1. The van der Waals surface area contributed by atoms with Crippen LogP contribution in [-0.2, 0) is 0 Å². The van der Waals surface area contributed by atoms with Crippen molar-refractivity contribution in [2.75, 3.05) is 12.4 Å². The largest absolute Gasteiger partial charge is 0.495 e. The number of rotatable bonds is 4. The first-order valence-electron chi connectivity index (χ1n) is 9.40. The number of aromatic nitrogens is 2. The molecule has 0 amide bonds. The SMILES string of the molecule is COc1ccccc1NC(=Nc1nnc(C)s1)N1N=C(C)SC1c1ccc(C)cc1. The lowest BCUT2D eigenvalue weighted by atomic mass is 10.1. The van der Waals surface area contributed by atoms with Crippen LogP contribution in [-0.4, -0.2) is 33.3 Å². The van der Waals surface area contributed by atoms with Gasteiger partial charge in [-0.05, 0) is 38.5 Å². The highest BCUT2D eigenvalue weighted by atomic mass is 32.2. The van der Waals surface area contributed by atoms with E-state index in [2.05, 4.69) is 46.7 Å². The van der Waals surface area contributed by atoms with Gasteiger partial charge in [-0.2, -0.15) is 10.1 Å². The van der Waals surface area contributed by atoms with E-state index in [1.165, 1.54) is 16.9 Å². The monoisotopic (exact) mass is 438 g/mol. The number of thioether (sulfide) groups is 1. The third kappa shape index (κ3) is 4.47. The molecule has 0 spiro atoms. The van der Waals surface area contributed by atoms with E-state index in [0.29, 0.717) is 11.1 Å². The van der Waals surface area contributed by atoms with Gasteiger partial charge in [0.2, 0.25) is 11.1 Å². The molecule has 0 saturated heterocycles. The van der Waals surface area contributed by atoms with Crippen LogP contribution in [0.1, 0.15) is 28.4 Å². The fourth-order valence-corrected chi connectivity index (χ4v) is 4.52. The van der Waals surface area contributed by atoms with Gasteiger partial charge in [0.15, 0.2) is 0 Å². The molecule has 2 heterocycles. The molecular weight excluding hydrogens is 416 g/mol. The molecule has 1 unspecified atom stereocenters. The Hall–Kier alpha value is -2.91. The van der Waals surface area contributed by atoms with Gasteiger partial charge >= 0.3 is 0 Å². The summed E-state index contributed by atoms with van der Waals surface area (Å²) in [7, 11) is 1.65. The molecule has 30 heavy (non-hydrogen) atoms. The zero-order valence-electron chi connectivity index (χ0n) is 17.2. The van der Waals surface area contributed by atoms with Gasteiger partial charge in [0.1, 0.15) is 16.1 Å². The molecule has 0 bridgehead atoms. The number of nitrogens with zero attached hydrogens (tertiary/aromatic N) is 5. The van der Waals surface area contributed by atoms with Crippen molar-refractivity contribution in [3.8, 4) is 5.75 Å². The van der Waals surface area contributed by atoms with Gasteiger partial charge in [0.05, 0.1) is 17.8 Å². The Labute approximate surface area is 183 Å². The fraction of sp³-hybridized carbons (Fsp3) is 0.238. The smallest absolute Gasteiger partial charge is 0.234 e. The summed E-state index contributed by atoms with van der Waals surface area (Å²) in [6.07, 6.45) is 0. The van der Waals surface area contributed by atoms with Gasteiger partial charge in [0.25, 0.3) is 0 Å². The van der Waals surface area contributed by atoms with Crippen LogP contribution in [0.2, 0.25) is 0 Å². The van der Waals surface area contributed by atoms with Gasteiger partial charge in [0, 0.05) is 0 Å². The Kier molecular flexibility index (Phi) is 6.01. The zero-order chi connectivity index (χ0) is 21.1. The minimum atomic E-state index is -0.0411. The van der Waals surface area contributed by atoms with Gasteiger partial charge < -0.3 is 10.1 Å². The second-order valence-electron chi connectivity index (χ2n) is 6.71. The molecule has 154 valence electrons.